The van der Waals surface area contributed by atoms with Gasteiger partial charge in [0, 0.05) is 28.8 Å². The Labute approximate surface area is 229 Å². The molecule has 0 unspecified atom stereocenters. The van der Waals surface area contributed by atoms with E-state index in [-0.39, 0.29) is 11.0 Å². The van der Waals surface area contributed by atoms with Crippen LogP contribution >= 0.6 is 23.2 Å². The van der Waals surface area contributed by atoms with Gasteiger partial charge in [0.15, 0.2) is 0 Å². The van der Waals surface area contributed by atoms with Gasteiger partial charge in [-0.1, -0.05) is 67.4 Å². The Morgan fingerprint density at radius 3 is 2.46 bits per heavy atom. The molecular formula is C28H31Cl2N7. The Morgan fingerprint density at radius 2 is 1.84 bits per heavy atom. The molecule has 0 spiro atoms. The van der Waals surface area contributed by atoms with Crippen LogP contribution in [-0.4, -0.2) is 26.5 Å². The number of nitriles is 1. The van der Waals surface area contributed by atoms with Crippen LogP contribution in [0.25, 0.3) is 10.9 Å². The number of benzene rings is 2. The quantitative estimate of drug-likeness (QED) is 0.266. The number of fused-ring (bicyclic) bond motifs is 1. The van der Waals surface area contributed by atoms with Crippen molar-refractivity contribution >= 4 is 45.5 Å². The van der Waals surface area contributed by atoms with Crippen molar-refractivity contribution in [3.63, 3.8) is 0 Å². The molecule has 2 aromatic heterocycles. The minimum absolute atomic E-state index is 0.0265. The molecule has 9 heteroatoms. The first-order valence-electron chi connectivity index (χ1n) is 12.5. The first-order chi connectivity index (χ1) is 17.7. The van der Waals surface area contributed by atoms with Gasteiger partial charge >= 0.3 is 0 Å². The van der Waals surface area contributed by atoms with Gasteiger partial charge in [-0.2, -0.15) is 5.26 Å². The van der Waals surface area contributed by atoms with Crippen molar-refractivity contribution in [2.24, 2.45) is 5.41 Å². The molecule has 37 heavy (non-hydrogen) atoms. The van der Waals surface area contributed by atoms with Crippen molar-refractivity contribution in [2.75, 3.05) is 17.2 Å². The third-order valence-electron chi connectivity index (χ3n) is 5.69. The predicted molar refractivity (Wildman–Crippen MR) is 151 cm³/mol. The zero-order valence-electron chi connectivity index (χ0n) is 22.8. The lowest BCUT2D eigenvalue weighted by atomic mass is 9.96. The van der Waals surface area contributed by atoms with Crippen LogP contribution in [0.1, 0.15) is 65.8 Å². The maximum Gasteiger partial charge on any atom is 0.110 e. The van der Waals surface area contributed by atoms with Crippen molar-refractivity contribution in [1.29, 1.82) is 5.26 Å². The fourth-order valence-electron chi connectivity index (χ4n) is 3.74. The molecule has 0 saturated carbocycles. The number of nitrogens with one attached hydrogen (secondary N) is 2. The predicted octanol–water partition coefficient (Wildman–Crippen LogP) is 7.42. The van der Waals surface area contributed by atoms with Crippen LogP contribution in [0.5, 0.6) is 0 Å². The van der Waals surface area contributed by atoms with E-state index in [1.807, 2.05) is 39.0 Å². The zero-order chi connectivity index (χ0) is 27.9. The van der Waals surface area contributed by atoms with Crippen molar-refractivity contribution in [3.8, 4) is 6.07 Å². The normalized spacial score (nSPS) is 14.1. The number of hydrogen-bond acceptors (Lipinski definition) is 6. The molecule has 0 radical (unpaired) electrons. The highest BCUT2D eigenvalue weighted by atomic mass is 35.5. The van der Waals surface area contributed by atoms with E-state index in [1.165, 1.54) is 6.20 Å². The average Bonchev–Trinajstić information content (AvgIpc) is 3.34. The van der Waals surface area contributed by atoms with E-state index >= 15 is 0 Å². The lowest BCUT2D eigenvalue weighted by molar-refractivity contribution is 0.347. The van der Waals surface area contributed by atoms with Gasteiger partial charge in [-0.05, 0) is 49.9 Å². The molecule has 2 heterocycles. The summed E-state index contributed by atoms with van der Waals surface area (Å²) in [6, 6.07) is 11.3. The summed E-state index contributed by atoms with van der Waals surface area (Å²) in [6.45, 7) is 13.0. The molecule has 0 bridgehead atoms. The third-order valence-corrected chi connectivity index (χ3v) is 6.31. The van der Waals surface area contributed by atoms with Gasteiger partial charge in [0.05, 0.1) is 40.9 Å². The van der Waals surface area contributed by atoms with Gasteiger partial charge in [-0.3, -0.25) is 4.98 Å². The molecular weight excluding hydrogens is 505 g/mol. The van der Waals surface area contributed by atoms with Crippen molar-refractivity contribution in [3.05, 3.63) is 75.7 Å². The molecule has 192 valence electrons. The highest BCUT2D eigenvalue weighted by Crippen LogP contribution is 2.37. The van der Waals surface area contributed by atoms with E-state index in [0.717, 1.165) is 0 Å². The fourth-order valence-corrected chi connectivity index (χ4v) is 4.24. The van der Waals surface area contributed by atoms with Gasteiger partial charge in [0.2, 0.25) is 0 Å². The van der Waals surface area contributed by atoms with E-state index in [9.17, 15) is 6.63 Å². The van der Waals surface area contributed by atoms with E-state index in [2.05, 4.69) is 52.8 Å². The summed E-state index contributed by atoms with van der Waals surface area (Å²) in [4.78, 5) is 4.44. The Hall–Kier alpha value is -3.34. The average molecular weight is 538 g/mol. The molecule has 0 aliphatic carbocycles. The van der Waals surface area contributed by atoms with Gasteiger partial charge in [0.25, 0.3) is 0 Å². The van der Waals surface area contributed by atoms with Gasteiger partial charge in [-0.25, -0.2) is 4.68 Å². The van der Waals surface area contributed by atoms with Crippen LogP contribution in [0, 0.1) is 16.7 Å². The number of aromatic nitrogens is 4. The second kappa shape index (κ2) is 10.2. The van der Waals surface area contributed by atoms with Crippen LogP contribution in [-0.2, 0) is 5.54 Å². The number of hydrogen-bond donors (Lipinski definition) is 2. The summed E-state index contributed by atoms with van der Waals surface area (Å²) in [6.07, 6.45) is 3.27. The molecule has 2 aromatic carbocycles. The summed E-state index contributed by atoms with van der Waals surface area (Å²) in [5.74, 6) is 0. The maximum absolute atomic E-state index is 9.79. The first-order valence-corrected chi connectivity index (χ1v) is 12.7. The monoisotopic (exact) mass is 536 g/mol. The Morgan fingerprint density at radius 1 is 1.11 bits per heavy atom. The number of pyridine rings is 1. The van der Waals surface area contributed by atoms with Gasteiger partial charge < -0.3 is 10.6 Å². The lowest BCUT2D eigenvalue weighted by Gasteiger charge is -2.23. The second-order valence-electron chi connectivity index (χ2n) is 11.1. The number of anilines is 2. The molecule has 0 aliphatic heterocycles. The molecule has 2 N–H and O–H groups in total. The molecule has 4 aromatic rings. The molecule has 7 nitrogen and oxygen atoms in total. The highest BCUT2D eigenvalue weighted by molar-refractivity contribution is 6.36. The van der Waals surface area contributed by atoms with Crippen LogP contribution in [0.3, 0.4) is 0 Å². The largest absolute Gasteiger partial charge is 0.383 e. The molecule has 0 aliphatic rings. The SMILES string of the molecule is [2H][C@](Nc1cc(Cl)c2ncc(C#N)c(NCC(C)(C)C)c2c1)(c1cn(C(C)(C)C)nn1)c1ccccc1Cl. The molecule has 4 rings (SSSR count). The standard InChI is InChI=1S/C28H31Cl2N7/c1-27(2,3)16-33-24-17(13-31)14-32-25-20(24)11-18(12-22(25)30)34-26(19-9-7-8-10-21(19)29)23-15-37(36-35-23)28(4,5)6/h7-12,14-15,26,34H,16H2,1-6H3,(H,32,33)/t26-/m1/s1/i26D. The van der Waals surface area contributed by atoms with Crippen LogP contribution in [0.2, 0.25) is 10.0 Å². The Bertz CT molecular complexity index is 1530. The Kier molecular flexibility index (Phi) is 6.98. The molecule has 0 fully saturated rings. The minimum atomic E-state index is -1.60. The van der Waals surface area contributed by atoms with Gasteiger partial charge in [0.1, 0.15) is 11.8 Å². The molecule has 0 amide bonds. The third kappa shape index (κ3) is 5.98. The van der Waals surface area contributed by atoms with Gasteiger partial charge in [-0.15, -0.1) is 5.10 Å². The Balaban J connectivity index is 1.89. The maximum atomic E-state index is 9.79. The highest BCUT2D eigenvalue weighted by Gasteiger charge is 2.24. The molecule has 1 atom stereocenters. The van der Waals surface area contributed by atoms with Crippen molar-refractivity contribution in [2.45, 2.75) is 53.1 Å². The topological polar surface area (TPSA) is 91.5 Å². The summed E-state index contributed by atoms with van der Waals surface area (Å²) in [5, 5.41) is 26.6. The zero-order valence-corrected chi connectivity index (χ0v) is 23.3. The van der Waals surface area contributed by atoms with Crippen molar-refractivity contribution < 1.29 is 1.37 Å². The first kappa shape index (κ1) is 25.3. The van der Waals surface area contributed by atoms with E-state index < -0.39 is 6.02 Å². The molecule has 0 saturated heterocycles. The minimum Gasteiger partial charge on any atom is -0.383 e. The summed E-state index contributed by atoms with van der Waals surface area (Å²) in [5.41, 5.74) is 2.67. The van der Waals surface area contributed by atoms with Crippen LogP contribution in [0.15, 0.2) is 48.8 Å². The fraction of sp³-hybridized carbons (Fsp3) is 0.357. The number of rotatable bonds is 6. The summed E-state index contributed by atoms with van der Waals surface area (Å²) < 4.78 is 11.4. The van der Waals surface area contributed by atoms with Crippen molar-refractivity contribution in [1.82, 2.24) is 20.0 Å². The van der Waals surface area contributed by atoms with Crippen LogP contribution in [0.4, 0.5) is 11.4 Å². The summed E-state index contributed by atoms with van der Waals surface area (Å²) >= 11 is 13.3. The lowest BCUT2D eigenvalue weighted by Crippen LogP contribution is -2.22. The number of nitrogens with zero attached hydrogens (tertiary/aromatic N) is 5. The van der Waals surface area contributed by atoms with Crippen LogP contribution < -0.4 is 10.6 Å². The summed E-state index contributed by atoms with van der Waals surface area (Å²) in [7, 11) is 0. The number of halogens is 2. The second-order valence-corrected chi connectivity index (χ2v) is 11.9. The van der Waals surface area contributed by atoms with E-state index in [1.54, 1.807) is 29.1 Å². The van der Waals surface area contributed by atoms with E-state index in [0.29, 0.717) is 55.7 Å². The van der Waals surface area contributed by atoms with E-state index in [4.69, 9.17) is 23.2 Å². The smallest absolute Gasteiger partial charge is 0.110 e.